The van der Waals surface area contributed by atoms with E-state index in [-0.39, 0.29) is 23.4 Å². The van der Waals surface area contributed by atoms with Crippen LogP contribution in [0.25, 0.3) is 0 Å². The molecule has 0 spiro atoms. The van der Waals surface area contributed by atoms with Gasteiger partial charge in [0.25, 0.3) is 5.91 Å². The van der Waals surface area contributed by atoms with E-state index < -0.39 is 11.0 Å². The molecule has 1 N–H and O–H groups in total. The standard InChI is InChI=1S/C21H25N3O4/c1-16(28-20-10-6-5-9-19(20)24(26)27)21(25)22-18-11-13-23(14-12-18)15-17-7-3-2-4-8-17/h2-10,16,18H,11-15H2,1H3,(H,22,25). The van der Waals surface area contributed by atoms with Crippen LogP contribution in [0.2, 0.25) is 0 Å². The average Bonchev–Trinajstić information content (AvgIpc) is 2.70. The Labute approximate surface area is 164 Å². The first-order valence-corrected chi connectivity index (χ1v) is 9.49. The number of benzene rings is 2. The molecule has 1 saturated heterocycles. The second kappa shape index (κ2) is 9.32. The number of rotatable bonds is 7. The number of likely N-dealkylation sites (tertiary alicyclic amines) is 1. The molecule has 0 bridgehead atoms. The number of hydrogen-bond donors (Lipinski definition) is 1. The van der Waals surface area contributed by atoms with Gasteiger partial charge < -0.3 is 10.1 Å². The van der Waals surface area contributed by atoms with E-state index in [1.54, 1.807) is 19.1 Å². The van der Waals surface area contributed by atoms with E-state index in [1.807, 2.05) is 18.2 Å². The number of carbonyl (C=O) groups excluding carboxylic acids is 1. The van der Waals surface area contributed by atoms with Gasteiger partial charge in [-0.3, -0.25) is 19.8 Å². The van der Waals surface area contributed by atoms with Crippen molar-refractivity contribution in [3.63, 3.8) is 0 Å². The number of piperidine rings is 1. The monoisotopic (exact) mass is 383 g/mol. The fourth-order valence-corrected chi connectivity index (χ4v) is 3.35. The van der Waals surface area contributed by atoms with Gasteiger partial charge in [0.1, 0.15) is 0 Å². The second-order valence-electron chi connectivity index (χ2n) is 7.03. The lowest BCUT2D eigenvalue weighted by Crippen LogP contribution is -2.47. The number of nitro groups is 1. The highest BCUT2D eigenvalue weighted by atomic mass is 16.6. The zero-order valence-electron chi connectivity index (χ0n) is 15.9. The Kier molecular flexibility index (Phi) is 6.60. The van der Waals surface area contributed by atoms with E-state index in [1.165, 1.54) is 17.7 Å². The van der Waals surface area contributed by atoms with Gasteiger partial charge in [0.05, 0.1) is 4.92 Å². The van der Waals surface area contributed by atoms with Crippen LogP contribution in [0.3, 0.4) is 0 Å². The highest BCUT2D eigenvalue weighted by molar-refractivity contribution is 5.81. The normalized spacial score (nSPS) is 16.3. The van der Waals surface area contributed by atoms with Gasteiger partial charge in [0, 0.05) is 31.7 Å². The van der Waals surface area contributed by atoms with E-state index in [9.17, 15) is 14.9 Å². The lowest BCUT2D eigenvalue weighted by molar-refractivity contribution is -0.386. The van der Waals surface area contributed by atoms with Crippen LogP contribution in [0.1, 0.15) is 25.3 Å². The van der Waals surface area contributed by atoms with Crippen molar-refractivity contribution in [2.24, 2.45) is 0 Å². The fourth-order valence-electron chi connectivity index (χ4n) is 3.35. The van der Waals surface area contributed by atoms with Crippen LogP contribution in [-0.4, -0.2) is 41.0 Å². The summed E-state index contributed by atoms with van der Waals surface area (Å²) in [5.74, 6) is -0.146. The maximum Gasteiger partial charge on any atom is 0.310 e. The molecule has 148 valence electrons. The van der Waals surface area contributed by atoms with Gasteiger partial charge in [0.2, 0.25) is 0 Å². The molecule has 3 rings (SSSR count). The predicted molar refractivity (Wildman–Crippen MR) is 106 cm³/mol. The van der Waals surface area contributed by atoms with Gasteiger partial charge in [-0.1, -0.05) is 42.5 Å². The summed E-state index contributed by atoms with van der Waals surface area (Å²) in [6.07, 6.45) is 0.941. The summed E-state index contributed by atoms with van der Waals surface area (Å²) >= 11 is 0. The summed E-state index contributed by atoms with van der Waals surface area (Å²) in [6.45, 7) is 4.35. The van der Waals surface area contributed by atoms with Crippen molar-refractivity contribution in [2.75, 3.05) is 13.1 Å². The summed E-state index contributed by atoms with van der Waals surface area (Å²) in [6, 6.07) is 16.5. The Morgan fingerprint density at radius 3 is 2.50 bits per heavy atom. The van der Waals surface area contributed by atoms with E-state index >= 15 is 0 Å². The van der Waals surface area contributed by atoms with Crippen LogP contribution in [0, 0.1) is 10.1 Å². The maximum atomic E-state index is 12.4. The third-order valence-corrected chi connectivity index (χ3v) is 4.92. The van der Waals surface area contributed by atoms with Crippen molar-refractivity contribution in [3.05, 3.63) is 70.3 Å². The number of para-hydroxylation sites is 2. The van der Waals surface area contributed by atoms with Crippen LogP contribution in [-0.2, 0) is 11.3 Å². The van der Waals surface area contributed by atoms with Crippen molar-refractivity contribution in [1.29, 1.82) is 0 Å². The van der Waals surface area contributed by atoms with E-state index in [2.05, 4.69) is 22.3 Å². The number of nitrogens with zero attached hydrogens (tertiary/aromatic N) is 2. The number of ether oxygens (including phenoxy) is 1. The molecule has 1 atom stereocenters. The minimum absolute atomic E-state index is 0.0938. The second-order valence-corrected chi connectivity index (χ2v) is 7.03. The molecule has 1 heterocycles. The Bertz CT molecular complexity index is 804. The molecule has 0 saturated carbocycles. The van der Waals surface area contributed by atoms with Crippen molar-refractivity contribution < 1.29 is 14.5 Å². The minimum atomic E-state index is -0.802. The SMILES string of the molecule is CC(Oc1ccccc1[N+](=O)[O-])C(=O)NC1CCN(Cc2ccccc2)CC1. The van der Waals surface area contributed by atoms with Crippen LogP contribution < -0.4 is 10.1 Å². The van der Waals surface area contributed by atoms with Crippen molar-refractivity contribution in [1.82, 2.24) is 10.2 Å². The Morgan fingerprint density at radius 2 is 1.82 bits per heavy atom. The van der Waals surface area contributed by atoms with Gasteiger partial charge in [-0.2, -0.15) is 0 Å². The molecule has 1 fully saturated rings. The molecule has 7 heteroatoms. The summed E-state index contributed by atoms with van der Waals surface area (Å²) in [5, 5.41) is 14.1. The summed E-state index contributed by atoms with van der Waals surface area (Å²) in [5.41, 5.74) is 1.15. The molecule has 1 aliphatic heterocycles. The zero-order valence-corrected chi connectivity index (χ0v) is 15.9. The van der Waals surface area contributed by atoms with Gasteiger partial charge in [0.15, 0.2) is 11.9 Å². The van der Waals surface area contributed by atoms with Crippen molar-refractivity contribution >= 4 is 11.6 Å². The molecular weight excluding hydrogens is 358 g/mol. The molecule has 1 amide bonds. The summed E-state index contributed by atoms with van der Waals surface area (Å²) < 4.78 is 5.55. The topological polar surface area (TPSA) is 84.7 Å². The van der Waals surface area contributed by atoms with Crippen LogP contribution in [0.4, 0.5) is 5.69 Å². The minimum Gasteiger partial charge on any atom is -0.474 e. The molecular formula is C21H25N3O4. The molecule has 7 nitrogen and oxygen atoms in total. The first kappa shape index (κ1) is 19.8. The number of hydrogen-bond acceptors (Lipinski definition) is 5. The van der Waals surface area contributed by atoms with Crippen LogP contribution in [0.15, 0.2) is 54.6 Å². The lowest BCUT2D eigenvalue weighted by atomic mass is 10.0. The Hall–Kier alpha value is -2.93. The van der Waals surface area contributed by atoms with Crippen molar-refractivity contribution in [3.8, 4) is 5.75 Å². The number of nitrogens with one attached hydrogen (secondary N) is 1. The van der Waals surface area contributed by atoms with Gasteiger partial charge in [-0.05, 0) is 31.4 Å². The van der Waals surface area contributed by atoms with Gasteiger partial charge in [-0.25, -0.2) is 0 Å². The maximum absolute atomic E-state index is 12.4. The zero-order chi connectivity index (χ0) is 19.9. The molecule has 0 radical (unpaired) electrons. The van der Waals surface area contributed by atoms with Crippen LogP contribution >= 0.6 is 0 Å². The van der Waals surface area contributed by atoms with E-state index in [0.29, 0.717) is 0 Å². The largest absolute Gasteiger partial charge is 0.474 e. The lowest BCUT2D eigenvalue weighted by Gasteiger charge is -2.32. The number of amides is 1. The molecule has 28 heavy (non-hydrogen) atoms. The van der Waals surface area contributed by atoms with Gasteiger partial charge in [-0.15, -0.1) is 0 Å². The first-order valence-electron chi connectivity index (χ1n) is 9.49. The Morgan fingerprint density at radius 1 is 1.18 bits per heavy atom. The Balaban J connectivity index is 1.47. The molecule has 0 aromatic heterocycles. The molecule has 1 unspecified atom stereocenters. The summed E-state index contributed by atoms with van der Waals surface area (Å²) in [4.78, 5) is 25.4. The predicted octanol–water partition coefficient (Wildman–Crippen LogP) is 3.14. The highest BCUT2D eigenvalue weighted by Crippen LogP contribution is 2.26. The molecule has 0 aliphatic carbocycles. The molecule has 1 aliphatic rings. The number of nitro benzene ring substituents is 1. The quantitative estimate of drug-likeness (QED) is 0.586. The average molecular weight is 383 g/mol. The van der Waals surface area contributed by atoms with Crippen LogP contribution in [0.5, 0.6) is 5.75 Å². The first-order chi connectivity index (χ1) is 13.5. The number of carbonyl (C=O) groups is 1. The molecule has 2 aromatic carbocycles. The van der Waals surface area contributed by atoms with Crippen molar-refractivity contribution in [2.45, 2.75) is 38.5 Å². The molecule has 2 aromatic rings. The smallest absolute Gasteiger partial charge is 0.310 e. The summed E-state index contributed by atoms with van der Waals surface area (Å²) in [7, 11) is 0. The highest BCUT2D eigenvalue weighted by Gasteiger charge is 2.25. The van der Waals surface area contributed by atoms with Gasteiger partial charge >= 0.3 is 5.69 Å². The third-order valence-electron chi connectivity index (χ3n) is 4.92. The third kappa shape index (κ3) is 5.29. The fraction of sp³-hybridized carbons (Fsp3) is 0.381. The van der Waals surface area contributed by atoms with E-state index in [4.69, 9.17) is 4.74 Å². The van der Waals surface area contributed by atoms with E-state index in [0.717, 1.165) is 32.5 Å².